The third-order valence-electron chi connectivity index (χ3n) is 2.68. The van der Waals surface area contributed by atoms with Gasteiger partial charge in [0.15, 0.2) is 0 Å². The largest absolute Gasteiger partial charge is 0.481 e. The van der Waals surface area contributed by atoms with E-state index in [9.17, 15) is 4.39 Å². The summed E-state index contributed by atoms with van der Waals surface area (Å²) in [7, 11) is 1.52. The average molecular weight is 242 g/mol. The smallest absolute Gasteiger partial charge is 0.212 e. The van der Waals surface area contributed by atoms with Gasteiger partial charge in [-0.15, -0.1) is 0 Å². The minimum absolute atomic E-state index is 0.334. The lowest BCUT2D eigenvalue weighted by atomic mass is 9.99. The molecule has 4 heteroatoms. The van der Waals surface area contributed by atoms with Crippen molar-refractivity contribution in [1.29, 1.82) is 5.26 Å². The summed E-state index contributed by atoms with van der Waals surface area (Å²) in [5.74, 6) is 0.143. The molecule has 1 heterocycles. The molecule has 0 fully saturated rings. The van der Waals surface area contributed by atoms with Crippen molar-refractivity contribution in [1.82, 2.24) is 4.98 Å². The van der Waals surface area contributed by atoms with E-state index in [0.717, 1.165) is 0 Å². The molecular formula is C14H11FN2O. The number of methoxy groups -OCH3 is 1. The molecule has 0 aliphatic carbocycles. The lowest BCUT2D eigenvalue weighted by molar-refractivity contribution is 0.398. The molecule has 1 aromatic carbocycles. The van der Waals surface area contributed by atoms with Crippen LogP contribution >= 0.6 is 0 Å². The van der Waals surface area contributed by atoms with Crippen LogP contribution in [0.25, 0.3) is 11.1 Å². The first-order valence-corrected chi connectivity index (χ1v) is 5.36. The van der Waals surface area contributed by atoms with E-state index < -0.39 is 0 Å². The standard InChI is InChI=1S/C14H11FN2O/c1-9-5-11(7-16)12(6-13(9)15)10-3-4-14(18-2)17-8-10/h3-6,8H,1-2H3. The number of nitrogens with zero attached hydrogens (tertiary/aromatic N) is 2. The number of benzene rings is 1. The Kier molecular flexibility index (Phi) is 3.24. The van der Waals surface area contributed by atoms with Gasteiger partial charge in [-0.05, 0) is 30.7 Å². The number of hydrogen-bond donors (Lipinski definition) is 0. The van der Waals surface area contributed by atoms with Crippen LogP contribution < -0.4 is 4.74 Å². The lowest BCUT2D eigenvalue weighted by Crippen LogP contribution is -1.92. The maximum absolute atomic E-state index is 13.6. The number of rotatable bonds is 2. The number of hydrogen-bond acceptors (Lipinski definition) is 3. The Morgan fingerprint density at radius 1 is 1.33 bits per heavy atom. The SMILES string of the molecule is COc1ccc(-c2cc(F)c(C)cc2C#N)cn1. The highest BCUT2D eigenvalue weighted by Crippen LogP contribution is 2.26. The zero-order valence-corrected chi connectivity index (χ0v) is 10.1. The summed E-state index contributed by atoms with van der Waals surface area (Å²) in [5.41, 5.74) is 2.11. The van der Waals surface area contributed by atoms with Crippen molar-refractivity contribution in [3.63, 3.8) is 0 Å². The van der Waals surface area contributed by atoms with E-state index in [0.29, 0.717) is 28.1 Å². The molecule has 3 nitrogen and oxygen atoms in total. The van der Waals surface area contributed by atoms with Crippen molar-refractivity contribution in [3.05, 3.63) is 47.4 Å². The van der Waals surface area contributed by atoms with Crippen LogP contribution in [0, 0.1) is 24.1 Å². The molecule has 2 aromatic rings. The average Bonchev–Trinajstić information content (AvgIpc) is 2.41. The van der Waals surface area contributed by atoms with Gasteiger partial charge in [0.05, 0.1) is 18.7 Å². The molecule has 0 saturated heterocycles. The number of aryl methyl sites for hydroxylation is 1. The molecule has 90 valence electrons. The predicted octanol–water partition coefficient (Wildman–Crippen LogP) is 3.08. The zero-order chi connectivity index (χ0) is 13.1. The van der Waals surface area contributed by atoms with Crippen LogP contribution in [0.3, 0.4) is 0 Å². The molecule has 0 radical (unpaired) electrons. The van der Waals surface area contributed by atoms with Crippen LogP contribution in [0.1, 0.15) is 11.1 Å². The van der Waals surface area contributed by atoms with Gasteiger partial charge < -0.3 is 4.74 Å². The Bertz CT molecular complexity index is 615. The molecule has 0 saturated carbocycles. The fourth-order valence-electron chi connectivity index (χ4n) is 1.67. The van der Waals surface area contributed by atoms with E-state index in [4.69, 9.17) is 10.00 Å². The summed E-state index contributed by atoms with van der Waals surface area (Å²) in [6, 6.07) is 8.38. The van der Waals surface area contributed by atoms with Crippen molar-refractivity contribution < 1.29 is 9.13 Å². The molecule has 0 spiro atoms. The molecule has 0 unspecified atom stereocenters. The molecular weight excluding hydrogens is 231 g/mol. The highest BCUT2D eigenvalue weighted by Gasteiger charge is 2.09. The highest BCUT2D eigenvalue weighted by atomic mass is 19.1. The van der Waals surface area contributed by atoms with Gasteiger partial charge in [0, 0.05) is 23.4 Å². The summed E-state index contributed by atoms with van der Waals surface area (Å²) in [5, 5.41) is 9.08. The van der Waals surface area contributed by atoms with Crippen molar-refractivity contribution in [3.8, 4) is 23.1 Å². The normalized spacial score (nSPS) is 9.89. The van der Waals surface area contributed by atoms with Crippen molar-refractivity contribution in [2.75, 3.05) is 7.11 Å². The van der Waals surface area contributed by atoms with Gasteiger partial charge in [0.1, 0.15) is 5.82 Å². The van der Waals surface area contributed by atoms with E-state index >= 15 is 0 Å². The second-order valence-electron chi connectivity index (χ2n) is 3.85. The first kappa shape index (κ1) is 12.1. The van der Waals surface area contributed by atoms with E-state index in [2.05, 4.69) is 11.1 Å². The van der Waals surface area contributed by atoms with Gasteiger partial charge in [-0.2, -0.15) is 5.26 Å². The summed E-state index contributed by atoms with van der Waals surface area (Å²) < 4.78 is 18.5. The maximum atomic E-state index is 13.6. The monoisotopic (exact) mass is 242 g/mol. The minimum Gasteiger partial charge on any atom is -0.481 e. The second-order valence-corrected chi connectivity index (χ2v) is 3.85. The Morgan fingerprint density at radius 2 is 2.11 bits per heavy atom. The van der Waals surface area contributed by atoms with E-state index in [-0.39, 0.29) is 5.82 Å². The third-order valence-corrected chi connectivity index (χ3v) is 2.68. The van der Waals surface area contributed by atoms with Gasteiger partial charge >= 0.3 is 0 Å². The number of ether oxygens (including phenoxy) is 1. The van der Waals surface area contributed by atoms with Crippen molar-refractivity contribution >= 4 is 0 Å². The van der Waals surface area contributed by atoms with Gasteiger partial charge in [-0.3, -0.25) is 0 Å². The van der Waals surface area contributed by atoms with Gasteiger partial charge in [-0.1, -0.05) is 0 Å². The molecule has 0 amide bonds. The number of nitriles is 1. The zero-order valence-electron chi connectivity index (χ0n) is 10.1. The lowest BCUT2D eigenvalue weighted by Gasteiger charge is -2.07. The van der Waals surface area contributed by atoms with E-state index in [1.54, 1.807) is 25.3 Å². The molecule has 2 rings (SSSR count). The molecule has 0 bridgehead atoms. The van der Waals surface area contributed by atoms with Crippen LogP contribution in [-0.2, 0) is 0 Å². The Morgan fingerprint density at radius 3 is 2.67 bits per heavy atom. The van der Waals surface area contributed by atoms with Crippen LogP contribution in [0.15, 0.2) is 30.5 Å². The maximum Gasteiger partial charge on any atom is 0.212 e. The summed E-state index contributed by atoms with van der Waals surface area (Å²) in [6.07, 6.45) is 1.56. The minimum atomic E-state index is -0.334. The molecule has 0 aliphatic heterocycles. The van der Waals surface area contributed by atoms with E-state index in [1.807, 2.05) is 0 Å². The van der Waals surface area contributed by atoms with Gasteiger partial charge in [-0.25, -0.2) is 9.37 Å². The van der Waals surface area contributed by atoms with Crippen LogP contribution in [0.2, 0.25) is 0 Å². The van der Waals surface area contributed by atoms with E-state index in [1.165, 1.54) is 19.2 Å². The number of pyridine rings is 1. The number of aromatic nitrogens is 1. The fraction of sp³-hybridized carbons (Fsp3) is 0.143. The fourth-order valence-corrected chi connectivity index (χ4v) is 1.67. The van der Waals surface area contributed by atoms with Crippen molar-refractivity contribution in [2.24, 2.45) is 0 Å². The Balaban J connectivity index is 2.56. The molecule has 0 aliphatic rings. The Labute approximate surface area is 104 Å². The van der Waals surface area contributed by atoms with Gasteiger partial charge in [0.2, 0.25) is 5.88 Å². The van der Waals surface area contributed by atoms with Crippen LogP contribution in [-0.4, -0.2) is 12.1 Å². The molecule has 0 N–H and O–H groups in total. The number of halogens is 1. The van der Waals surface area contributed by atoms with Crippen LogP contribution in [0.5, 0.6) is 5.88 Å². The van der Waals surface area contributed by atoms with Crippen LogP contribution in [0.4, 0.5) is 4.39 Å². The van der Waals surface area contributed by atoms with Gasteiger partial charge in [0.25, 0.3) is 0 Å². The highest BCUT2D eigenvalue weighted by molar-refractivity contribution is 5.70. The first-order valence-electron chi connectivity index (χ1n) is 5.36. The van der Waals surface area contributed by atoms with Crippen molar-refractivity contribution in [2.45, 2.75) is 6.92 Å². The molecule has 1 aromatic heterocycles. The first-order chi connectivity index (χ1) is 8.65. The predicted molar refractivity (Wildman–Crippen MR) is 65.6 cm³/mol. The molecule has 0 atom stereocenters. The summed E-state index contributed by atoms with van der Waals surface area (Å²) >= 11 is 0. The summed E-state index contributed by atoms with van der Waals surface area (Å²) in [4.78, 5) is 4.05. The summed E-state index contributed by atoms with van der Waals surface area (Å²) in [6.45, 7) is 1.63. The molecule has 18 heavy (non-hydrogen) atoms. The topological polar surface area (TPSA) is 45.9 Å². The quantitative estimate of drug-likeness (QED) is 0.813. The Hall–Kier alpha value is -2.41. The second kappa shape index (κ2) is 4.84. The third kappa shape index (κ3) is 2.16.